The summed E-state index contributed by atoms with van der Waals surface area (Å²) in [5.41, 5.74) is -0.560. The number of nitrogens with zero attached hydrogens (tertiary/aromatic N) is 3. The minimum Gasteiger partial charge on any atom is -0.867 e. The van der Waals surface area contributed by atoms with Gasteiger partial charge >= 0.3 is 0 Å². The second-order valence-electron chi connectivity index (χ2n) is 5.48. The average Bonchev–Trinajstić information content (AvgIpc) is 2.61. The first-order valence-electron chi connectivity index (χ1n) is 7.37. The van der Waals surface area contributed by atoms with E-state index in [2.05, 4.69) is 4.99 Å². The summed E-state index contributed by atoms with van der Waals surface area (Å²) in [6.07, 6.45) is 1.09. The van der Waals surface area contributed by atoms with Crippen molar-refractivity contribution in [3.05, 3.63) is 51.0 Å². The van der Waals surface area contributed by atoms with E-state index in [0.717, 1.165) is 16.6 Å². The Morgan fingerprint density at radius 1 is 1.26 bits per heavy atom. The molecule has 0 saturated carbocycles. The van der Waals surface area contributed by atoms with Gasteiger partial charge in [0.05, 0.1) is 17.7 Å². The lowest BCUT2D eigenvalue weighted by molar-refractivity contribution is -0.398. The molecule has 0 aliphatic rings. The van der Waals surface area contributed by atoms with Gasteiger partial charge in [-0.3, -0.25) is 15.1 Å². The van der Waals surface area contributed by atoms with Crippen molar-refractivity contribution in [2.24, 2.45) is 4.99 Å². The number of rotatable bonds is 6. The maximum Gasteiger partial charge on any atom is 0.263 e. The summed E-state index contributed by atoms with van der Waals surface area (Å²) in [7, 11) is 0.288. The topological polar surface area (TPSA) is 125 Å². The van der Waals surface area contributed by atoms with E-state index < -0.39 is 26.4 Å². The van der Waals surface area contributed by atoms with Crippen LogP contribution >= 0.6 is 11.6 Å². The van der Waals surface area contributed by atoms with Gasteiger partial charge in [-0.1, -0.05) is 11.6 Å². The van der Waals surface area contributed by atoms with Crippen molar-refractivity contribution in [3.8, 4) is 11.5 Å². The van der Waals surface area contributed by atoms with Gasteiger partial charge in [-0.05, 0) is 35.6 Å². The number of nitro groups is 1. The summed E-state index contributed by atoms with van der Waals surface area (Å²) >= 11 is 5.80. The molecule has 0 unspecified atom stereocenters. The van der Waals surface area contributed by atoms with Crippen LogP contribution in [0.1, 0.15) is 5.56 Å². The molecule has 0 saturated heterocycles. The van der Waals surface area contributed by atoms with Crippen molar-refractivity contribution in [2.45, 2.75) is 4.90 Å². The molecule has 0 aliphatic carbocycles. The summed E-state index contributed by atoms with van der Waals surface area (Å²) in [5.74, 6) is -0.714. The van der Waals surface area contributed by atoms with Crippen LogP contribution in [-0.2, 0) is 10.0 Å². The Balaban J connectivity index is 2.52. The number of hydrogen-bond donors (Lipinski definition) is 0. The Kier molecular flexibility index (Phi) is 6.04. The van der Waals surface area contributed by atoms with Gasteiger partial charge in [-0.25, -0.2) is 12.7 Å². The van der Waals surface area contributed by atoms with E-state index >= 15 is 0 Å². The molecule has 2 aromatic rings. The fraction of sp³-hybridized carbons (Fsp3) is 0.188. The fourth-order valence-corrected chi connectivity index (χ4v) is 3.41. The average molecular weight is 413 g/mol. The van der Waals surface area contributed by atoms with Crippen molar-refractivity contribution < 1.29 is 23.2 Å². The molecule has 0 atom stereocenters. The van der Waals surface area contributed by atoms with E-state index in [1.165, 1.54) is 45.5 Å². The number of methoxy groups -OCH3 is 1. The molecule has 0 amide bonds. The van der Waals surface area contributed by atoms with Crippen molar-refractivity contribution in [3.63, 3.8) is 0 Å². The monoisotopic (exact) mass is 412 g/mol. The lowest BCUT2D eigenvalue weighted by Crippen LogP contribution is -2.22. The number of hydrogen-bond acceptors (Lipinski definition) is 7. The number of aliphatic imine (C=N–C) groups is 1. The molecule has 27 heavy (non-hydrogen) atoms. The normalized spacial score (nSPS) is 11.9. The first-order valence-corrected chi connectivity index (χ1v) is 9.19. The third-order valence-electron chi connectivity index (χ3n) is 3.52. The number of sulfonamides is 1. The van der Waals surface area contributed by atoms with E-state index in [4.69, 9.17) is 16.3 Å². The van der Waals surface area contributed by atoms with Gasteiger partial charge in [0.2, 0.25) is 10.0 Å². The second kappa shape index (κ2) is 7.91. The summed E-state index contributed by atoms with van der Waals surface area (Å²) < 4.78 is 30.9. The van der Waals surface area contributed by atoms with Gasteiger partial charge in [-0.2, -0.15) is 0 Å². The molecule has 0 fully saturated rings. The Morgan fingerprint density at radius 3 is 2.48 bits per heavy atom. The maximum absolute atomic E-state index is 12.4. The van der Waals surface area contributed by atoms with Crippen molar-refractivity contribution >= 4 is 39.2 Å². The van der Waals surface area contributed by atoms with Crippen LogP contribution in [0, 0.1) is 10.1 Å². The molecule has 0 radical (unpaired) electrons. The van der Waals surface area contributed by atoms with Crippen LogP contribution in [0.3, 0.4) is 0 Å². The number of ether oxygens (including phenoxy) is 1. The molecule has 11 heteroatoms. The predicted octanol–water partition coefficient (Wildman–Crippen LogP) is 2.33. The third kappa shape index (κ3) is 4.35. The summed E-state index contributed by atoms with van der Waals surface area (Å²) in [6, 6.07) is 6.36. The summed E-state index contributed by atoms with van der Waals surface area (Å²) in [5, 5.41) is 23.0. The minimum atomic E-state index is -3.80. The molecule has 2 rings (SSSR count). The highest BCUT2D eigenvalue weighted by Crippen LogP contribution is 2.32. The molecule has 9 nitrogen and oxygen atoms in total. The SMILES string of the molecule is COc1ccc(N=Cc2cc(Cl)cc([N+](=O)[O-])c2[O-])cc1S(=O)(=O)N(C)C. The highest BCUT2D eigenvalue weighted by molar-refractivity contribution is 7.89. The molecule has 0 aromatic heterocycles. The van der Waals surface area contributed by atoms with Crippen molar-refractivity contribution in [1.82, 2.24) is 4.31 Å². The van der Waals surface area contributed by atoms with Gasteiger partial charge < -0.3 is 9.84 Å². The van der Waals surface area contributed by atoms with Crippen LogP contribution in [0.2, 0.25) is 5.02 Å². The van der Waals surface area contributed by atoms with Gasteiger partial charge in [-0.15, -0.1) is 0 Å². The number of halogens is 1. The Morgan fingerprint density at radius 2 is 1.93 bits per heavy atom. The number of nitro benzene ring substituents is 1. The molecule has 0 aliphatic heterocycles. The quantitative estimate of drug-likeness (QED) is 0.407. The van der Waals surface area contributed by atoms with Crippen molar-refractivity contribution in [1.29, 1.82) is 0 Å². The Labute approximate surface area is 160 Å². The van der Waals surface area contributed by atoms with Crippen LogP contribution < -0.4 is 9.84 Å². The van der Waals surface area contributed by atoms with Crippen LogP contribution in [-0.4, -0.2) is 45.1 Å². The van der Waals surface area contributed by atoms with E-state index in [1.807, 2.05) is 0 Å². The zero-order valence-corrected chi connectivity index (χ0v) is 16.1. The second-order valence-corrected chi connectivity index (χ2v) is 8.04. The largest absolute Gasteiger partial charge is 0.867 e. The zero-order valence-electron chi connectivity index (χ0n) is 14.5. The molecular weight excluding hydrogens is 398 g/mol. The first-order chi connectivity index (χ1) is 12.6. The zero-order chi connectivity index (χ0) is 20.4. The van der Waals surface area contributed by atoms with Crippen LogP contribution in [0.25, 0.3) is 0 Å². The molecule has 0 spiro atoms. The van der Waals surface area contributed by atoms with Crippen LogP contribution in [0.5, 0.6) is 11.5 Å². The van der Waals surface area contributed by atoms with Crippen molar-refractivity contribution in [2.75, 3.05) is 21.2 Å². The molecule has 0 N–H and O–H groups in total. The third-order valence-corrected chi connectivity index (χ3v) is 5.57. The van der Waals surface area contributed by atoms with Gasteiger partial charge in [0, 0.05) is 31.4 Å². The minimum absolute atomic E-state index is 0.00774. The predicted molar refractivity (Wildman–Crippen MR) is 98.7 cm³/mol. The smallest absolute Gasteiger partial charge is 0.263 e. The lowest BCUT2D eigenvalue weighted by Gasteiger charge is -2.15. The fourth-order valence-electron chi connectivity index (χ4n) is 2.12. The van der Waals surface area contributed by atoms with Crippen LogP contribution in [0.4, 0.5) is 11.4 Å². The van der Waals surface area contributed by atoms with E-state index in [0.29, 0.717) is 0 Å². The number of benzene rings is 2. The van der Waals surface area contributed by atoms with Gasteiger partial charge in [0.25, 0.3) is 5.69 Å². The van der Waals surface area contributed by atoms with E-state index in [-0.39, 0.29) is 26.9 Å². The lowest BCUT2D eigenvalue weighted by atomic mass is 10.2. The standard InChI is InChI=1S/C16H16ClN3O6S/c1-19(2)27(24,25)15-8-12(4-5-14(15)26-3)18-9-10-6-11(17)7-13(16(10)21)20(22)23/h4-9,21H,1-3H3/p-1. The molecule has 2 aromatic carbocycles. The maximum atomic E-state index is 12.4. The highest BCUT2D eigenvalue weighted by Gasteiger charge is 2.22. The Hall–Kier alpha value is -2.69. The van der Waals surface area contributed by atoms with Gasteiger partial charge in [0.15, 0.2) is 0 Å². The summed E-state index contributed by atoms with van der Waals surface area (Å²) in [6.45, 7) is 0. The van der Waals surface area contributed by atoms with E-state index in [9.17, 15) is 23.6 Å². The van der Waals surface area contributed by atoms with E-state index in [1.54, 1.807) is 0 Å². The highest BCUT2D eigenvalue weighted by atomic mass is 35.5. The summed E-state index contributed by atoms with van der Waals surface area (Å²) in [4.78, 5) is 14.0. The first kappa shape index (κ1) is 20.6. The molecule has 144 valence electrons. The van der Waals surface area contributed by atoms with Crippen LogP contribution in [0.15, 0.2) is 40.2 Å². The molecule has 0 heterocycles. The molecule has 0 bridgehead atoms. The molecular formula is C16H15ClN3O6S-. The Bertz CT molecular complexity index is 1020. The van der Waals surface area contributed by atoms with Gasteiger partial charge in [0.1, 0.15) is 10.6 Å².